The minimum atomic E-state index is -1.38. The number of hydrogen-bond donors (Lipinski definition) is 2. The average Bonchev–Trinajstić information content (AvgIpc) is 2.69. The fourth-order valence-corrected chi connectivity index (χ4v) is 4.18. The Bertz CT molecular complexity index is 1160. The number of fused-ring (bicyclic) bond motifs is 1. The number of carboxylic acids is 1. The molecule has 4 rings (SSSR count). The van der Waals surface area contributed by atoms with E-state index in [4.69, 9.17) is 11.6 Å². The summed E-state index contributed by atoms with van der Waals surface area (Å²) in [6, 6.07) is 10.2. The van der Waals surface area contributed by atoms with Gasteiger partial charge in [-0.3, -0.25) is 4.79 Å². The molecular weight excluding hydrogens is 397 g/mol. The molecule has 1 fully saturated rings. The first-order valence-electron chi connectivity index (χ1n) is 9.23. The van der Waals surface area contributed by atoms with E-state index in [1.54, 1.807) is 24.3 Å². The second kappa shape index (κ2) is 7.50. The summed E-state index contributed by atoms with van der Waals surface area (Å²) < 4.78 is 16.6. The Labute approximate surface area is 171 Å². The van der Waals surface area contributed by atoms with E-state index in [1.165, 1.54) is 10.8 Å². The van der Waals surface area contributed by atoms with E-state index < -0.39 is 22.8 Å². The van der Waals surface area contributed by atoms with E-state index in [9.17, 15) is 14.7 Å². The van der Waals surface area contributed by atoms with Crippen molar-refractivity contribution in [3.63, 3.8) is 0 Å². The van der Waals surface area contributed by atoms with Gasteiger partial charge in [-0.15, -0.1) is 0 Å². The first-order valence-corrected chi connectivity index (χ1v) is 9.60. The smallest absolute Gasteiger partial charge is 0.341 e. The second-order valence-electron chi connectivity index (χ2n) is 7.10. The van der Waals surface area contributed by atoms with Crippen LogP contribution >= 0.6 is 11.6 Å². The lowest BCUT2D eigenvalue weighted by molar-refractivity contribution is 0.0695. The molecule has 150 valence electrons. The van der Waals surface area contributed by atoms with Crippen molar-refractivity contribution in [2.24, 2.45) is 0 Å². The summed E-state index contributed by atoms with van der Waals surface area (Å²) in [4.78, 5) is 26.2. The lowest BCUT2D eigenvalue weighted by atomic mass is 10.1. The third kappa shape index (κ3) is 3.36. The zero-order valence-electron chi connectivity index (χ0n) is 15.7. The van der Waals surface area contributed by atoms with Gasteiger partial charge in [-0.1, -0.05) is 29.8 Å². The monoisotopic (exact) mass is 415 g/mol. The number of anilines is 1. The number of carbonyl (C=O) groups is 1. The predicted molar refractivity (Wildman–Crippen MR) is 111 cm³/mol. The first-order chi connectivity index (χ1) is 13.9. The van der Waals surface area contributed by atoms with E-state index in [0.29, 0.717) is 25.3 Å². The number of hydrogen-bond acceptors (Lipinski definition) is 4. The van der Waals surface area contributed by atoms with Gasteiger partial charge < -0.3 is 19.9 Å². The Kier molecular flexibility index (Phi) is 5.02. The summed E-state index contributed by atoms with van der Waals surface area (Å²) >= 11 is 6.68. The Morgan fingerprint density at radius 1 is 1.31 bits per heavy atom. The van der Waals surface area contributed by atoms with Gasteiger partial charge in [0.2, 0.25) is 5.43 Å². The quantitative estimate of drug-likeness (QED) is 0.686. The summed E-state index contributed by atoms with van der Waals surface area (Å²) in [6.07, 6.45) is 1.25. The van der Waals surface area contributed by atoms with Crippen LogP contribution in [0.1, 0.15) is 17.3 Å². The molecule has 2 aromatic carbocycles. The van der Waals surface area contributed by atoms with Crippen LogP contribution < -0.4 is 15.6 Å². The van der Waals surface area contributed by atoms with Gasteiger partial charge in [0.05, 0.1) is 21.6 Å². The molecule has 6 nitrogen and oxygen atoms in total. The maximum absolute atomic E-state index is 15.1. The molecule has 1 atom stereocenters. The third-order valence-corrected chi connectivity index (χ3v) is 5.46. The number of para-hydroxylation sites is 1. The largest absolute Gasteiger partial charge is 0.477 e. The highest BCUT2D eigenvalue weighted by molar-refractivity contribution is 6.38. The molecule has 29 heavy (non-hydrogen) atoms. The van der Waals surface area contributed by atoms with Crippen LogP contribution in [0.15, 0.2) is 47.4 Å². The second-order valence-corrected chi connectivity index (χ2v) is 7.48. The van der Waals surface area contributed by atoms with Crippen molar-refractivity contribution < 1.29 is 14.3 Å². The number of benzene rings is 2. The van der Waals surface area contributed by atoms with Gasteiger partial charge in [0, 0.05) is 37.6 Å². The van der Waals surface area contributed by atoms with Gasteiger partial charge >= 0.3 is 5.97 Å². The molecule has 1 saturated heterocycles. The molecule has 0 saturated carbocycles. The number of pyridine rings is 1. The lowest BCUT2D eigenvalue weighted by Crippen LogP contribution is -2.49. The molecule has 3 aromatic rings. The molecule has 0 spiro atoms. The van der Waals surface area contributed by atoms with Gasteiger partial charge in [-0.05, 0) is 25.1 Å². The van der Waals surface area contributed by atoms with E-state index in [2.05, 4.69) is 5.32 Å². The van der Waals surface area contributed by atoms with Gasteiger partial charge in [-0.25, -0.2) is 9.18 Å². The van der Waals surface area contributed by atoms with Crippen LogP contribution in [0.3, 0.4) is 0 Å². The SMILES string of the molecule is CC1CN(c2c(F)cc3c(=O)c(C(=O)O)cn(-c4ccccc4)c3c2Cl)CCN1. The van der Waals surface area contributed by atoms with Crippen molar-refractivity contribution in [3.8, 4) is 5.69 Å². The fraction of sp³-hybridized carbons (Fsp3) is 0.238. The topological polar surface area (TPSA) is 74.6 Å². The summed E-state index contributed by atoms with van der Waals surface area (Å²) in [5.41, 5.74) is -0.0793. The standard InChI is InChI=1S/C21H19ClFN3O3/c1-12-10-25(8-7-24-12)19-16(23)9-14-18(17(19)22)26(13-5-3-2-4-6-13)11-15(20(14)27)21(28)29/h2-6,9,11-12,24H,7-8,10H2,1H3,(H,28,29). The molecule has 1 aliphatic heterocycles. The van der Waals surface area contributed by atoms with Crippen LogP contribution in [0.2, 0.25) is 5.02 Å². The Balaban J connectivity index is 2.07. The molecular formula is C21H19ClFN3O3. The zero-order valence-corrected chi connectivity index (χ0v) is 16.4. The summed E-state index contributed by atoms with van der Waals surface area (Å²) in [7, 11) is 0. The molecule has 1 aromatic heterocycles. The number of rotatable bonds is 3. The highest BCUT2D eigenvalue weighted by Gasteiger charge is 2.26. The van der Waals surface area contributed by atoms with Crippen LogP contribution in [0.4, 0.5) is 10.1 Å². The lowest BCUT2D eigenvalue weighted by Gasteiger charge is -2.34. The molecule has 1 unspecified atom stereocenters. The average molecular weight is 416 g/mol. The van der Waals surface area contributed by atoms with Gasteiger partial charge in [0.25, 0.3) is 0 Å². The maximum atomic E-state index is 15.1. The number of carboxylic acid groups (broad SMARTS) is 1. The van der Waals surface area contributed by atoms with E-state index in [0.717, 1.165) is 6.07 Å². The van der Waals surface area contributed by atoms with Crippen molar-refractivity contribution in [3.05, 3.63) is 69.2 Å². The van der Waals surface area contributed by atoms with Crippen LogP contribution in [-0.4, -0.2) is 41.3 Å². The molecule has 0 bridgehead atoms. The summed E-state index contributed by atoms with van der Waals surface area (Å²) in [6.45, 7) is 3.80. The Morgan fingerprint density at radius 2 is 2.03 bits per heavy atom. The summed E-state index contributed by atoms with van der Waals surface area (Å²) in [5.74, 6) is -2.02. The van der Waals surface area contributed by atoms with Crippen LogP contribution in [-0.2, 0) is 0 Å². The number of nitrogens with zero attached hydrogens (tertiary/aromatic N) is 2. The van der Waals surface area contributed by atoms with Gasteiger partial charge in [0.1, 0.15) is 11.4 Å². The zero-order chi connectivity index (χ0) is 20.7. The number of aromatic carboxylic acids is 1. The molecule has 0 radical (unpaired) electrons. The number of piperazine rings is 1. The molecule has 1 aliphatic rings. The molecule has 0 amide bonds. The van der Waals surface area contributed by atoms with E-state index >= 15 is 4.39 Å². The minimum absolute atomic E-state index is 0.0665. The number of halogens is 2. The van der Waals surface area contributed by atoms with Crippen molar-refractivity contribution >= 4 is 34.2 Å². The summed E-state index contributed by atoms with van der Waals surface area (Å²) in [5, 5.41) is 12.8. The van der Waals surface area contributed by atoms with Crippen molar-refractivity contribution in [1.29, 1.82) is 0 Å². The highest BCUT2D eigenvalue weighted by atomic mass is 35.5. The highest BCUT2D eigenvalue weighted by Crippen LogP contribution is 2.37. The molecule has 8 heteroatoms. The normalized spacial score (nSPS) is 16.9. The van der Waals surface area contributed by atoms with Crippen molar-refractivity contribution in [1.82, 2.24) is 9.88 Å². The Morgan fingerprint density at radius 3 is 2.69 bits per heavy atom. The Hall–Kier alpha value is -2.90. The van der Waals surface area contributed by atoms with Gasteiger partial charge in [0.15, 0.2) is 0 Å². The van der Waals surface area contributed by atoms with E-state index in [-0.39, 0.29) is 27.7 Å². The fourth-order valence-electron chi connectivity index (χ4n) is 3.77. The van der Waals surface area contributed by atoms with E-state index in [1.807, 2.05) is 17.9 Å². The molecule has 0 aliphatic carbocycles. The maximum Gasteiger partial charge on any atom is 0.341 e. The molecule has 2 heterocycles. The van der Waals surface area contributed by atoms with Crippen LogP contribution in [0.25, 0.3) is 16.6 Å². The third-order valence-electron chi connectivity index (χ3n) is 5.11. The minimum Gasteiger partial charge on any atom is -0.477 e. The van der Waals surface area contributed by atoms with Crippen molar-refractivity contribution in [2.45, 2.75) is 13.0 Å². The molecule has 2 N–H and O–H groups in total. The number of nitrogens with one attached hydrogen (secondary N) is 1. The predicted octanol–water partition coefficient (Wildman–Crippen LogP) is 3.28. The first kappa shape index (κ1) is 19.4. The van der Waals surface area contributed by atoms with Crippen LogP contribution in [0, 0.1) is 5.82 Å². The van der Waals surface area contributed by atoms with Crippen LogP contribution in [0.5, 0.6) is 0 Å². The van der Waals surface area contributed by atoms with Crippen molar-refractivity contribution in [2.75, 3.05) is 24.5 Å². The van der Waals surface area contributed by atoms with Gasteiger partial charge in [-0.2, -0.15) is 0 Å². The number of aromatic nitrogens is 1.